The van der Waals surface area contributed by atoms with Gasteiger partial charge in [0.2, 0.25) is 5.91 Å². The number of nitrogens with one attached hydrogen (secondary N) is 1. The molecular formula is C18H23NO2. The molecule has 0 atom stereocenters. The number of hydrogen-bond donors (Lipinski definition) is 2. The highest BCUT2D eigenvalue weighted by atomic mass is 16.3. The van der Waals surface area contributed by atoms with E-state index in [2.05, 4.69) is 5.32 Å². The molecule has 4 bridgehead atoms. The van der Waals surface area contributed by atoms with Gasteiger partial charge in [0.1, 0.15) is 5.75 Å². The zero-order valence-corrected chi connectivity index (χ0v) is 12.5. The zero-order chi connectivity index (χ0) is 14.6. The van der Waals surface area contributed by atoms with Gasteiger partial charge in [-0.2, -0.15) is 0 Å². The van der Waals surface area contributed by atoms with Crippen molar-refractivity contribution in [2.24, 2.45) is 29.6 Å². The molecule has 0 radical (unpaired) electrons. The quantitative estimate of drug-likeness (QED) is 0.814. The largest absolute Gasteiger partial charge is 0.508 e. The molecule has 0 aliphatic heterocycles. The number of carbonyl (C=O) groups is 1. The van der Waals surface area contributed by atoms with Crippen LogP contribution in [-0.2, 0) is 4.79 Å². The number of phenols is 1. The lowest BCUT2D eigenvalue weighted by Crippen LogP contribution is -2.49. The molecule has 0 saturated heterocycles. The van der Waals surface area contributed by atoms with E-state index in [0.29, 0.717) is 11.8 Å². The van der Waals surface area contributed by atoms with Crippen LogP contribution in [0.15, 0.2) is 18.2 Å². The number of benzene rings is 1. The maximum Gasteiger partial charge on any atom is 0.228 e. The SMILES string of the molecule is Cc1cc(NC(=O)C2C3CC4CC(C3)CC2C4)ccc1O. The number of rotatable bonds is 2. The van der Waals surface area contributed by atoms with Crippen molar-refractivity contribution in [2.75, 3.05) is 5.32 Å². The van der Waals surface area contributed by atoms with Crippen LogP contribution in [0.5, 0.6) is 5.75 Å². The molecular weight excluding hydrogens is 262 g/mol. The summed E-state index contributed by atoms with van der Waals surface area (Å²) in [6, 6.07) is 5.29. The van der Waals surface area contributed by atoms with Crippen molar-refractivity contribution in [2.45, 2.75) is 39.0 Å². The molecule has 4 aliphatic carbocycles. The molecule has 112 valence electrons. The van der Waals surface area contributed by atoms with Crippen molar-refractivity contribution in [3.8, 4) is 5.75 Å². The van der Waals surface area contributed by atoms with E-state index in [1.165, 1.54) is 32.1 Å². The number of carbonyl (C=O) groups excluding carboxylic acids is 1. The van der Waals surface area contributed by atoms with Crippen molar-refractivity contribution >= 4 is 11.6 Å². The van der Waals surface area contributed by atoms with Crippen LogP contribution in [0.25, 0.3) is 0 Å². The van der Waals surface area contributed by atoms with Crippen molar-refractivity contribution in [3.05, 3.63) is 23.8 Å². The molecule has 0 spiro atoms. The van der Waals surface area contributed by atoms with Gasteiger partial charge in [-0.25, -0.2) is 0 Å². The van der Waals surface area contributed by atoms with E-state index >= 15 is 0 Å². The first-order chi connectivity index (χ1) is 10.1. The molecule has 1 aromatic carbocycles. The maximum atomic E-state index is 12.7. The number of hydrogen-bond acceptors (Lipinski definition) is 2. The van der Waals surface area contributed by atoms with Gasteiger partial charge in [-0.3, -0.25) is 4.79 Å². The minimum atomic E-state index is 0.203. The third-order valence-electron chi connectivity index (χ3n) is 5.99. The standard InChI is InChI=1S/C18H23NO2/c1-10-4-15(2-3-16(10)20)19-18(21)17-13-6-11-5-12(8-13)9-14(17)7-11/h2-4,11-14,17,20H,5-9H2,1H3,(H,19,21). The Morgan fingerprint density at radius 3 is 2.29 bits per heavy atom. The fourth-order valence-electron chi connectivity index (χ4n) is 5.31. The summed E-state index contributed by atoms with van der Waals surface area (Å²) in [7, 11) is 0. The number of phenolic OH excluding ortho intramolecular Hbond substituents is 1. The molecule has 1 aromatic rings. The first kappa shape index (κ1) is 13.2. The van der Waals surface area contributed by atoms with Crippen LogP contribution in [0.3, 0.4) is 0 Å². The molecule has 1 amide bonds. The van der Waals surface area contributed by atoms with E-state index in [1.807, 2.05) is 13.0 Å². The Balaban J connectivity index is 1.51. The summed E-state index contributed by atoms with van der Waals surface area (Å²) in [5.41, 5.74) is 1.61. The molecule has 2 N–H and O–H groups in total. The smallest absolute Gasteiger partial charge is 0.228 e. The van der Waals surface area contributed by atoms with E-state index in [4.69, 9.17) is 0 Å². The number of aryl methyl sites for hydroxylation is 1. The van der Waals surface area contributed by atoms with E-state index in [9.17, 15) is 9.90 Å². The van der Waals surface area contributed by atoms with Gasteiger partial charge < -0.3 is 10.4 Å². The first-order valence-corrected chi connectivity index (χ1v) is 8.20. The Morgan fingerprint density at radius 1 is 1.10 bits per heavy atom. The first-order valence-electron chi connectivity index (χ1n) is 8.20. The third kappa shape index (κ3) is 2.23. The van der Waals surface area contributed by atoms with Gasteiger partial charge in [-0.15, -0.1) is 0 Å². The molecule has 0 aromatic heterocycles. The second-order valence-corrected chi connectivity index (χ2v) is 7.45. The molecule has 0 unspecified atom stereocenters. The van der Waals surface area contributed by atoms with Crippen molar-refractivity contribution in [1.82, 2.24) is 0 Å². The van der Waals surface area contributed by atoms with Crippen molar-refractivity contribution in [3.63, 3.8) is 0 Å². The fourth-order valence-corrected chi connectivity index (χ4v) is 5.31. The van der Waals surface area contributed by atoms with Crippen LogP contribution >= 0.6 is 0 Å². The van der Waals surface area contributed by atoms with Gasteiger partial charge in [0, 0.05) is 11.6 Å². The molecule has 5 rings (SSSR count). The van der Waals surface area contributed by atoms with E-state index in [-0.39, 0.29) is 17.6 Å². The maximum absolute atomic E-state index is 12.7. The van der Waals surface area contributed by atoms with Crippen LogP contribution in [0.1, 0.15) is 37.7 Å². The Kier molecular flexibility index (Phi) is 2.98. The average Bonchev–Trinajstić information content (AvgIpc) is 2.41. The lowest BCUT2D eigenvalue weighted by atomic mass is 9.51. The predicted octanol–water partition coefficient (Wildman–Crippen LogP) is 3.71. The van der Waals surface area contributed by atoms with Gasteiger partial charge in [0.15, 0.2) is 0 Å². The second kappa shape index (κ2) is 4.75. The highest BCUT2D eigenvalue weighted by molar-refractivity contribution is 5.93. The summed E-state index contributed by atoms with van der Waals surface area (Å²) in [4.78, 5) is 12.7. The summed E-state index contributed by atoms with van der Waals surface area (Å²) in [6.07, 6.45) is 6.47. The summed E-state index contributed by atoms with van der Waals surface area (Å²) >= 11 is 0. The van der Waals surface area contributed by atoms with Gasteiger partial charge in [0.25, 0.3) is 0 Å². The highest BCUT2D eigenvalue weighted by Gasteiger charge is 2.50. The van der Waals surface area contributed by atoms with Crippen molar-refractivity contribution < 1.29 is 9.90 Å². The number of anilines is 1. The van der Waals surface area contributed by atoms with Crippen LogP contribution in [0, 0.1) is 36.5 Å². The summed E-state index contributed by atoms with van der Waals surface area (Å²) in [5, 5.41) is 12.7. The molecule has 3 heteroatoms. The molecule has 21 heavy (non-hydrogen) atoms. The van der Waals surface area contributed by atoms with E-state index < -0.39 is 0 Å². The monoisotopic (exact) mass is 285 g/mol. The Morgan fingerprint density at radius 2 is 1.71 bits per heavy atom. The lowest BCUT2D eigenvalue weighted by Gasteiger charge is -2.53. The highest BCUT2D eigenvalue weighted by Crippen LogP contribution is 2.56. The van der Waals surface area contributed by atoms with Gasteiger partial charge in [0.05, 0.1) is 0 Å². The summed E-state index contributed by atoms with van der Waals surface area (Å²) < 4.78 is 0. The van der Waals surface area contributed by atoms with Crippen LogP contribution in [-0.4, -0.2) is 11.0 Å². The van der Waals surface area contributed by atoms with Gasteiger partial charge >= 0.3 is 0 Å². The molecule has 4 saturated carbocycles. The van der Waals surface area contributed by atoms with Gasteiger partial charge in [-0.05, 0) is 86.5 Å². The normalized spacial score (nSPS) is 36.7. The van der Waals surface area contributed by atoms with Gasteiger partial charge in [-0.1, -0.05) is 0 Å². The van der Waals surface area contributed by atoms with Crippen LogP contribution in [0.4, 0.5) is 5.69 Å². The predicted molar refractivity (Wildman–Crippen MR) is 82.0 cm³/mol. The Hall–Kier alpha value is -1.51. The van der Waals surface area contributed by atoms with Crippen molar-refractivity contribution in [1.29, 1.82) is 0 Å². The van der Waals surface area contributed by atoms with Crippen LogP contribution < -0.4 is 5.32 Å². The van der Waals surface area contributed by atoms with Crippen LogP contribution in [0.2, 0.25) is 0 Å². The minimum Gasteiger partial charge on any atom is -0.508 e. The summed E-state index contributed by atoms with van der Waals surface area (Å²) in [6.45, 7) is 1.86. The van der Waals surface area contributed by atoms with E-state index in [0.717, 1.165) is 23.1 Å². The molecule has 3 nitrogen and oxygen atoms in total. The Bertz CT molecular complexity index is 553. The fraction of sp³-hybridized carbons (Fsp3) is 0.611. The van der Waals surface area contributed by atoms with E-state index in [1.54, 1.807) is 12.1 Å². The molecule has 4 fully saturated rings. The third-order valence-corrected chi connectivity index (χ3v) is 5.99. The molecule has 4 aliphatic rings. The minimum absolute atomic E-state index is 0.203. The number of amides is 1. The summed E-state index contributed by atoms with van der Waals surface area (Å²) in [5.74, 6) is 3.71. The lowest BCUT2D eigenvalue weighted by molar-refractivity contribution is -0.132. The Labute approximate surface area is 125 Å². The zero-order valence-electron chi connectivity index (χ0n) is 12.5. The molecule has 0 heterocycles. The average molecular weight is 285 g/mol. The topological polar surface area (TPSA) is 49.3 Å². The second-order valence-electron chi connectivity index (χ2n) is 7.45. The number of aromatic hydroxyl groups is 1.